The van der Waals surface area contributed by atoms with E-state index in [1.807, 2.05) is 50.2 Å². The largest absolute Gasteiger partial charge is 0.371 e. The molecule has 160 valence electrons. The maximum atomic E-state index is 13.0. The van der Waals surface area contributed by atoms with Crippen LogP contribution >= 0.6 is 0 Å². The van der Waals surface area contributed by atoms with Crippen molar-refractivity contribution in [2.75, 3.05) is 23.3 Å². The molecule has 1 fully saturated rings. The Bertz CT molecular complexity index is 888. The molecule has 3 rings (SSSR count). The summed E-state index contributed by atoms with van der Waals surface area (Å²) in [6, 6.07) is 13.2. The number of rotatable bonds is 8. The molecule has 5 heteroatoms. The zero-order valence-electron chi connectivity index (χ0n) is 18.3. The molecule has 1 atom stereocenters. The number of hydrogen-bond donors (Lipinski definition) is 2. The molecule has 1 aliphatic rings. The van der Waals surface area contributed by atoms with Crippen LogP contribution in [0.25, 0.3) is 0 Å². The van der Waals surface area contributed by atoms with Gasteiger partial charge in [0.1, 0.15) is 6.04 Å². The van der Waals surface area contributed by atoms with Crippen molar-refractivity contribution in [2.24, 2.45) is 0 Å². The Morgan fingerprint density at radius 3 is 2.53 bits per heavy atom. The lowest BCUT2D eigenvalue weighted by Gasteiger charge is -2.21. The number of nitrogens with one attached hydrogen (secondary N) is 2. The second-order valence-corrected chi connectivity index (χ2v) is 8.22. The summed E-state index contributed by atoms with van der Waals surface area (Å²) in [5.41, 5.74) is 4.55. The predicted octanol–water partition coefficient (Wildman–Crippen LogP) is 4.83. The lowest BCUT2D eigenvalue weighted by molar-refractivity contribution is -0.118. The van der Waals surface area contributed by atoms with Crippen molar-refractivity contribution in [1.82, 2.24) is 5.32 Å². The molecule has 5 nitrogen and oxygen atoms in total. The van der Waals surface area contributed by atoms with Gasteiger partial charge in [-0.1, -0.05) is 43.5 Å². The van der Waals surface area contributed by atoms with Crippen LogP contribution in [0.2, 0.25) is 0 Å². The number of hydrogen-bond acceptors (Lipinski definition) is 3. The van der Waals surface area contributed by atoms with Gasteiger partial charge in [0.2, 0.25) is 5.91 Å². The van der Waals surface area contributed by atoms with Crippen LogP contribution in [0.1, 0.15) is 60.5 Å². The molecule has 30 heavy (non-hydrogen) atoms. The van der Waals surface area contributed by atoms with Gasteiger partial charge in [-0.3, -0.25) is 9.59 Å². The fourth-order valence-electron chi connectivity index (χ4n) is 3.97. The Hall–Kier alpha value is -2.82. The zero-order valence-corrected chi connectivity index (χ0v) is 18.3. The van der Waals surface area contributed by atoms with E-state index in [1.165, 1.54) is 12.8 Å². The van der Waals surface area contributed by atoms with Crippen molar-refractivity contribution in [3.8, 4) is 0 Å². The molecule has 0 aromatic heterocycles. The molecule has 0 saturated carbocycles. The highest BCUT2D eigenvalue weighted by Crippen LogP contribution is 2.23. The summed E-state index contributed by atoms with van der Waals surface area (Å²) in [6.45, 7) is 8.13. The van der Waals surface area contributed by atoms with Crippen LogP contribution in [0.5, 0.6) is 0 Å². The first-order valence-electron chi connectivity index (χ1n) is 11.0. The summed E-state index contributed by atoms with van der Waals surface area (Å²) in [5, 5.41) is 5.97. The van der Waals surface area contributed by atoms with Gasteiger partial charge in [0.25, 0.3) is 5.91 Å². The van der Waals surface area contributed by atoms with Gasteiger partial charge in [-0.25, -0.2) is 0 Å². The van der Waals surface area contributed by atoms with E-state index in [0.29, 0.717) is 12.0 Å². The highest BCUT2D eigenvalue weighted by molar-refractivity contribution is 6.02. The number of amides is 2. The first-order chi connectivity index (χ1) is 14.5. The van der Waals surface area contributed by atoms with Crippen molar-refractivity contribution in [2.45, 2.75) is 58.9 Å². The second kappa shape index (κ2) is 10.3. The molecule has 0 bridgehead atoms. The van der Waals surface area contributed by atoms with Gasteiger partial charge in [0.05, 0.1) is 0 Å². The van der Waals surface area contributed by atoms with Gasteiger partial charge in [-0.2, -0.15) is 0 Å². The standard InChI is InChI=1S/C25H33N3O2/c1-4-5-11-23(27-24(29)22-13-12-18(2)16-19(22)3)25(30)26-20-9-8-10-21(17-20)28-14-6-7-15-28/h8-10,12-13,16-17,23H,4-7,11,14-15H2,1-3H3,(H,26,30)(H,27,29). The van der Waals surface area contributed by atoms with Gasteiger partial charge in [0.15, 0.2) is 0 Å². The van der Waals surface area contributed by atoms with Crippen molar-refractivity contribution in [1.29, 1.82) is 0 Å². The first kappa shape index (κ1) is 21.9. The first-order valence-corrected chi connectivity index (χ1v) is 11.0. The van der Waals surface area contributed by atoms with Gasteiger partial charge < -0.3 is 15.5 Å². The van der Waals surface area contributed by atoms with Crippen molar-refractivity contribution >= 4 is 23.2 Å². The van der Waals surface area contributed by atoms with E-state index in [2.05, 4.69) is 28.5 Å². The highest BCUT2D eigenvalue weighted by atomic mass is 16.2. The normalized spacial score (nSPS) is 14.4. The molecule has 0 aliphatic carbocycles. The molecule has 2 aromatic rings. The molecule has 0 radical (unpaired) electrons. The summed E-state index contributed by atoms with van der Waals surface area (Å²) < 4.78 is 0. The average molecular weight is 408 g/mol. The minimum Gasteiger partial charge on any atom is -0.371 e. The van der Waals surface area contributed by atoms with Crippen LogP contribution in [-0.2, 0) is 4.79 Å². The number of aryl methyl sites for hydroxylation is 2. The predicted molar refractivity (Wildman–Crippen MR) is 123 cm³/mol. The minimum atomic E-state index is -0.561. The number of benzene rings is 2. The van der Waals surface area contributed by atoms with E-state index in [9.17, 15) is 9.59 Å². The fraction of sp³-hybridized carbons (Fsp3) is 0.440. The van der Waals surface area contributed by atoms with Crippen molar-refractivity contribution < 1.29 is 9.59 Å². The van der Waals surface area contributed by atoms with Gasteiger partial charge in [0, 0.05) is 30.0 Å². The summed E-state index contributed by atoms with van der Waals surface area (Å²) >= 11 is 0. The molecule has 1 unspecified atom stereocenters. The summed E-state index contributed by atoms with van der Waals surface area (Å²) in [6.07, 6.45) is 4.87. The van der Waals surface area contributed by atoms with Crippen LogP contribution in [0.15, 0.2) is 42.5 Å². The van der Waals surface area contributed by atoms with Crippen LogP contribution in [0.3, 0.4) is 0 Å². The van der Waals surface area contributed by atoms with Crippen LogP contribution in [0, 0.1) is 13.8 Å². The Morgan fingerprint density at radius 2 is 1.83 bits per heavy atom. The molecule has 2 amide bonds. The molecule has 0 spiro atoms. The Labute approximate surface area is 179 Å². The van der Waals surface area contributed by atoms with Crippen molar-refractivity contribution in [3.05, 3.63) is 59.2 Å². The Morgan fingerprint density at radius 1 is 1.07 bits per heavy atom. The van der Waals surface area contributed by atoms with E-state index in [0.717, 1.165) is 48.4 Å². The smallest absolute Gasteiger partial charge is 0.252 e. The third-order valence-corrected chi connectivity index (χ3v) is 5.68. The second-order valence-electron chi connectivity index (χ2n) is 8.22. The molecular weight excluding hydrogens is 374 g/mol. The third-order valence-electron chi connectivity index (χ3n) is 5.68. The fourth-order valence-corrected chi connectivity index (χ4v) is 3.97. The lowest BCUT2D eigenvalue weighted by atomic mass is 10.0. The monoisotopic (exact) mass is 407 g/mol. The van der Waals surface area contributed by atoms with Crippen LogP contribution < -0.4 is 15.5 Å². The zero-order chi connectivity index (χ0) is 21.5. The molecule has 2 N–H and O–H groups in total. The number of nitrogens with zero attached hydrogens (tertiary/aromatic N) is 1. The number of anilines is 2. The highest BCUT2D eigenvalue weighted by Gasteiger charge is 2.22. The maximum absolute atomic E-state index is 13.0. The molecule has 2 aromatic carbocycles. The molecular formula is C25H33N3O2. The van der Waals surface area contributed by atoms with Crippen LogP contribution in [-0.4, -0.2) is 30.9 Å². The quantitative estimate of drug-likeness (QED) is 0.659. The summed E-state index contributed by atoms with van der Waals surface area (Å²) in [4.78, 5) is 28.2. The number of carbonyl (C=O) groups is 2. The lowest BCUT2D eigenvalue weighted by Crippen LogP contribution is -2.44. The van der Waals surface area contributed by atoms with Crippen LogP contribution in [0.4, 0.5) is 11.4 Å². The van der Waals surface area contributed by atoms with E-state index in [4.69, 9.17) is 0 Å². The van der Waals surface area contributed by atoms with Gasteiger partial charge in [-0.15, -0.1) is 0 Å². The minimum absolute atomic E-state index is 0.167. The maximum Gasteiger partial charge on any atom is 0.252 e. The molecule has 1 heterocycles. The van der Waals surface area contributed by atoms with E-state index < -0.39 is 6.04 Å². The number of unbranched alkanes of at least 4 members (excludes halogenated alkanes) is 1. The Kier molecular flexibility index (Phi) is 7.50. The van der Waals surface area contributed by atoms with Gasteiger partial charge in [-0.05, 0) is 62.9 Å². The summed E-state index contributed by atoms with van der Waals surface area (Å²) in [5.74, 6) is -0.366. The molecule has 1 aliphatic heterocycles. The van der Waals surface area contributed by atoms with E-state index >= 15 is 0 Å². The Balaban J connectivity index is 1.70. The third kappa shape index (κ3) is 5.62. The van der Waals surface area contributed by atoms with Crippen molar-refractivity contribution in [3.63, 3.8) is 0 Å². The summed E-state index contributed by atoms with van der Waals surface area (Å²) in [7, 11) is 0. The topological polar surface area (TPSA) is 61.4 Å². The molecule has 1 saturated heterocycles. The number of carbonyl (C=O) groups excluding carboxylic acids is 2. The average Bonchev–Trinajstić information content (AvgIpc) is 3.26. The van der Waals surface area contributed by atoms with E-state index in [-0.39, 0.29) is 11.8 Å². The SMILES string of the molecule is CCCCC(NC(=O)c1ccc(C)cc1C)C(=O)Nc1cccc(N2CCCC2)c1. The van der Waals surface area contributed by atoms with E-state index in [1.54, 1.807) is 0 Å². The van der Waals surface area contributed by atoms with Gasteiger partial charge >= 0.3 is 0 Å².